The van der Waals surface area contributed by atoms with Gasteiger partial charge in [0, 0.05) is 26.2 Å². The van der Waals surface area contributed by atoms with E-state index in [2.05, 4.69) is 9.97 Å². The van der Waals surface area contributed by atoms with Gasteiger partial charge in [-0.2, -0.15) is 4.31 Å². The van der Waals surface area contributed by atoms with Crippen molar-refractivity contribution in [3.63, 3.8) is 0 Å². The van der Waals surface area contributed by atoms with Crippen LogP contribution < -0.4 is 0 Å². The molecular formula is C21H21FN4O3S2. The topological polar surface area (TPSA) is 86.4 Å². The van der Waals surface area contributed by atoms with Gasteiger partial charge in [0.1, 0.15) is 5.82 Å². The van der Waals surface area contributed by atoms with Crippen LogP contribution in [-0.2, 0) is 14.8 Å². The van der Waals surface area contributed by atoms with E-state index in [1.54, 1.807) is 11.1 Å². The molecule has 0 saturated carbocycles. The van der Waals surface area contributed by atoms with E-state index in [0.29, 0.717) is 18.2 Å². The van der Waals surface area contributed by atoms with Crippen LogP contribution in [0.15, 0.2) is 70.8 Å². The maximum atomic E-state index is 13.4. The molecule has 2 heterocycles. The number of rotatable bonds is 6. The van der Waals surface area contributed by atoms with Crippen LogP contribution in [-0.4, -0.2) is 65.4 Å². The average molecular weight is 461 g/mol. The lowest BCUT2D eigenvalue weighted by atomic mass is 10.2. The third kappa shape index (κ3) is 4.97. The summed E-state index contributed by atoms with van der Waals surface area (Å²) < 4.78 is 40.1. The summed E-state index contributed by atoms with van der Waals surface area (Å²) in [7, 11) is -3.78. The quantitative estimate of drug-likeness (QED) is 0.572. The minimum atomic E-state index is -3.78. The van der Waals surface area contributed by atoms with Crippen LogP contribution in [0.3, 0.4) is 0 Å². The molecule has 4 rings (SSSR count). The Morgan fingerprint density at radius 3 is 2.52 bits per heavy atom. The number of piperazine rings is 1. The summed E-state index contributed by atoms with van der Waals surface area (Å²) >= 11 is 1.31. The highest BCUT2D eigenvalue weighted by molar-refractivity contribution is 7.99. The van der Waals surface area contributed by atoms with Gasteiger partial charge in [-0.25, -0.2) is 17.8 Å². The normalized spacial score (nSPS) is 15.2. The molecule has 3 aromatic rings. The third-order valence-corrected chi connectivity index (χ3v) is 7.76. The van der Waals surface area contributed by atoms with Gasteiger partial charge in [-0.05, 0) is 23.8 Å². The number of H-pyrrole nitrogens is 1. The van der Waals surface area contributed by atoms with Gasteiger partial charge in [0.25, 0.3) is 0 Å². The first-order chi connectivity index (χ1) is 14.9. The molecule has 1 aromatic heterocycles. The van der Waals surface area contributed by atoms with Gasteiger partial charge in [-0.1, -0.05) is 48.2 Å². The second kappa shape index (κ2) is 9.21. The van der Waals surface area contributed by atoms with E-state index in [4.69, 9.17) is 0 Å². The first-order valence-electron chi connectivity index (χ1n) is 9.70. The van der Waals surface area contributed by atoms with Crippen molar-refractivity contribution in [2.45, 2.75) is 10.1 Å². The largest absolute Gasteiger partial charge is 0.339 e. The van der Waals surface area contributed by atoms with Crippen molar-refractivity contribution < 1.29 is 17.6 Å². The number of aromatic nitrogens is 2. The summed E-state index contributed by atoms with van der Waals surface area (Å²) in [6.45, 7) is 0.936. The number of nitrogens with one attached hydrogen (secondary N) is 1. The maximum absolute atomic E-state index is 13.4. The summed E-state index contributed by atoms with van der Waals surface area (Å²) in [5.74, 6) is -0.469. The summed E-state index contributed by atoms with van der Waals surface area (Å²) in [6, 6.07) is 14.7. The number of aromatic amines is 1. The minimum Gasteiger partial charge on any atom is -0.339 e. The fourth-order valence-electron chi connectivity index (χ4n) is 3.32. The Morgan fingerprint density at radius 1 is 1.06 bits per heavy atom. The number of amides is 1. The summed E-state index contributed by atoms with van der Waals surface area (Å²) in [5, 5.41) is 0.652. The zero-order valence-electron chi connectivity index (χ0n) is 16.6. The number of nitrogens with zero attached hydrogens (tertiary/aromatic N) is 3. The molecule has 1 amide bonds. The molecule has 0 radical (unpaired) electrons. The van der Waals surface area contributed by atoms with Gasteiger partial charge in [0.05, 0.1) is 22.5 Å². The van der Waals surface area contributed by atoms with Gasteiger partial charge < -0.3 is 9.88 Å². The minimum absolute atomic E-state index is 0.0742. The first-order valence-corrected chi connectivity index (χ1v) is 12.1. The molecule has 0 spiro atoms. The molecule has 2 aromatic carbocycles. The van der Waals surface area contributed by atoms with Crippen molar-refractivity contribution in [2.24, 2.45) is 0 Å². The van der Waals surface area contributed by atoms with Crippen LogP contribution in [0.5, 0.6) is 0 Å². The monoisotopic (exact) mass is 460 g/mol. The highest BCUT2D eigenvalue weighted by atomic mass is 32.2. The van der Waals surface area contributed by atoms with E-state index in [0.717, 1.165) is 17.3 Å². The second-order valence-electron chi connectivity index (χ2n) is 7.00. The van der Waals surface area contributed by atoms with Crippen molar-refractivity contribution in [2.75, 3.05) is 31.9 Å². The molecule has 31 heavy (non-hydrogen) atoms. The fourth-order valence-corrected chi connectivity index (χ4v) is 5.52. The Labute approximate surface area is 184 Å². The van der Waals surface area contributed by atoms with E-state index in [1.165, 1.54) is 34.3 Å². The van der Waals surface area contributed by atoms with Gasteiger partial charge in [-0.3, -0.25) is 4.79 Å². The average Bonchev–Trinajstić information content (AvgIpc) is 3.27. The van der Waals surface area contributed by atoms with Crippen LogP contribution in [0.1, 0.15) is 0 Å². The summed E-state index contributed by atoms with van der Waals surface area (Å²) in [5.41, 5.74) is 1.90. The zero-order chi connectivity index (χ0) is 21.8. The molecule has 0 bridgehead atoms. The predicted molar refractivity (Wildman–Crippen MR) is 116 cm³/mol. The third-order valence-electron chi connectivity index (χ3n) is 4.99. The highest BCUT2D eigenvalue weighted by Gasteiger charge is 2.30. The van der Waals surface area contributed by atoms with Crippen LogP contribution in [0.25, 0.3) is 11.3 Å². The number of hydrogen-bond donors (Lipinski definition) is 1. The highest BCUT2D eigenvalue weighted by Crippen LogP contribution is 2.22. The van der Waals surface area contributed by atoms with Crippen molar-refractivity contribution in [1.29, 1.82) is 0 Å². The second-order valence-corrected chi connectivity index (χ2v) is 9.90. The van der Waals surface area contributed by atoms with E-state index < -0.39 is 15.8 Å². The lowest BCUT2D eigenvalue weighted by Gasteiger charge is -2.34. The first kappa shape index (κ1) is 21.5. The molecular weight excluding hydrogens is 439 g/mol. The molecule has 1 aliphatic heterocycles. The number of benzene rings is 2. The van der Waals surface area contributed by atoms with E-state index >= 15 is 0 Å². The van der Waals surface area contributed by atoms with Crippen LogP contribution >= 0.6 is 11.8 Å². The van der Waals surface area contributed by atoms with E-state index in [9.17, 15) is 17.6 Å². The molecule has 10 heteroatoms. The number of thioether (sulfide) groups is 1. The predicted octanol–water partition coefficient (Wildman–Crippen LogP) is 2.84. The summed E-state index contributed by atoms with van der Waals surface area (Å²) in [6.07, 6.45) is 1.73. The molecule has 0 unspecified atom stereocenters. The Bertz CT molecular complexity index is 1160. The molecule has 7 nitrogen and oxygen atoms in total. The van der Waals surface area contributed by atoms with Gasteiger partial charge in [0.15, 0.2) is 5.16 Å². The Kier molecular flexibility index (Phi) is 6.40. The molecule has 1 saturated heterocycles. The molecule has 162 valence electrons. The number of halogens is 1. The van der Waals surface area contributed by atoms with Crippen molar-refractivity contribution in [3.05, 3.63) is 66.6 Å². The number of carbonyl (C=O) groups is 1. The zero-order valence-corrected chi connectivity index (χ0v) is 18.2. The Hall–Kier alpha value is -2.69. The number of hydrogen-bond acceptors (Lipinski definition) is 5. The number of carbonyl (C=O) groups excluding carboxylic acids is 1. The van der Waals surface area contributed by atoms with Gasteiger partial charge in [0.2, 0.25) is 15.9 Å². The summed E-state index contributed by atoms with van der Waals surface area (Å²) in [4.78, 5) is 21.6. The van der Waals surface area contributed by atoms with Gasteiger partial charge >= 0.3 is 0 Å². The molecule has 1 fully saturated rings. The SMILES string of the molecule is O=C(CSc1ncc(-c2ccccc2)[nH]1)N1CCN(S(=O)(=O)c2cccc(F)c2)CC1. The van der Waals surface area contributed by atoms with Crippen LogP contribution in [0, 0.1) is 5.82 Å². The van der Waals surface area contributed by atoms with Crippen molar-refractivity contribution >= 4 is 27.7 Å². The maximum Gasteiger partial charge on any atom is 0.243 e. The van der Waals surface area contributed by atoms with Crippen molar-refractivity contribution in [1.82, 2.24) is 19.2 Å². The Balaban J connectivity index is 1.30. The standard InChI is InChI=1S/C21H21FN4O3S2/c22-17-7-4-8-18(13-17)31(28,29)26-11-9-25(10-12-26)20(27)15-30-21-23-14-19(24-21)16-5-2-1-3-6-16/h1-8,13-14H,9-12,15H2,(H,23,24). The molecule has 0 atom stereocenters. The number of imidazole rings is 1. The van der Waals surface area contributed by atoms with Gasteiger partial charge in [-0.15, -0.1) is 0 Å². The number of sulfonamides is 1. The van der Waals surface area contributed by atoms with E-state index in [1.807, 2.05) is 30.3 Å². The van der Waals surface area contributed by atoms with Crippen molar-refractivity contribution in [3.8, 4) is 11.3 Å². The van der Waals surface area contributed by atoms with E-state index in [-0.39, 0.29) is 29.6 Å². The smallest absolute Gasteiger partial charge is 0.243 e. The molecule has 1 N–H and O–H groups in total. The lowest BCUT2D eigenvalue weighted by molar-refractivity contribution is -0.129. The Morgan fingerprint density at radius 2 is 1.81 bits per heavy atom. The molecule has 1 aliphatic rings. The van der Waals surface area contributed by atoms with Crippen LogP contribution in [0.2, 0.25) is 0 Å². The fraction of sp³-hybridized carbons (Fsp3) is 0.238. The van der Waals surface area contributed by atoms with Crippen LogP contribution in [0.4, 0.5) is 4.39 Å². The lowest BCUT2D eigenvalue weighted by Crippen LogP contribution is -2.50. The molecule has 0 aliphatic carbocycles.